The van der Waals surface area contributed by atoms with E-state index in [1.807, 2.05) is 4.57 Å². The zero-order chi connectivity index (χ0) is 22.8. The molecule has 0 unspecified atom stereocenters. The van der Waals surface area contributed by atoms with Crippen molar-refractivity contribution in [3.05, 3.63) is 46.9 Å². The van der Waals surface area contributed by atoms with Crippen molar-refractivity contribution in [2.24, 2.45) is 0 Å². The van der Waals surface area contributed by atoms with Gasteiger partial charge in [-0.15, -0.1) is 0 Å². The van der Waals surface area contributed by atoms with E-state index < -0.39 is 15.1 Å². The summed E-state index contributed by atoms with van der Waals surface area (Å²) in [5, 5.41) is -0.652. The van der Waals surface area contributed by atoms with Crippen LogP contribution in [-0.4, -0.2) is 33.2 Å². The average molecular weight is 518 g/mol. The van der Waals surface area contributed by atoms with E-state index in [0.717, 1.165) is 12.8 Å². The summed E-state index contributed by atoms with van der Waals surface area (Å²) in [4.78, 5) is 11.9. The van der Waals surface area contributed by atoms with Gasteiger partial charge in [-0.2, -0.15) is 0 Å². The summed E-state index contributed by atoms with van der Waals surface area (Å²) in [6.07, 6.45) is 1.94. The Balaban J connectivity index is 1.84. The molecule has 5 rings (SSSR count). The number of halogens is 2. The van der Waals surface area contributed by atoms with Crippen LogP contribution in [0.1, 0.15) is 32.7 Å². The lowest BCUT2D eigenvalue weighted by atomic mass is 10.0. The van der Waals surface area contributed by atoms with Crippen molar-refractivity contribution in [1.82, 2.24) is 19.5 Å². The van der Waals surface area contributed by atoms with Crippen LogP contribution in [0.2, 0.25) is 0 Å². The Hall–Kier alpha value is -2.72. The summed E-state index contributed by atoms with van der Waals surface area (Å²) < 4.78 is 43.7. The van der Waals surface area contributed by atoms with E-state index in [0.29, 0.717) is 32.8 Å². The lowest BCUT2D eigenvalue weighted by Crippen LogP contribution is -2.14. The molecule has 166 valence electrons. The minimum atomic E-state index is -3.67. The molecule has 0 radical (unpaired) electrons. The molecule has 1 fully saturated rings. The third-order valence-electron chi connectivity index (χ3n) is 5.68. The quantitative estimate of drug-likeness (QED) is 0.383. The van der Waals surface area contributed by atoms with E-state index in [-0.39, 0.29) is 28.2 Å². The minimum Gasteiger partial charge on any atom is -0.369 e. The molecule has 1 aliphatic carbocycles. The van der Waals surface area contributed by atoms with E-state index in [2.05, 4.69) is 25.9 Å². The summed E-state index contributed by atoms with van der Waals surface area (Å²) in [5.74, 6) is -0.249. The number of anilines is 1. The predicted molar refractivity (Wildman–Crippen MR) is 125 cm³/mol. The molecule has 10 heteroatoms. The zero-order valence-corrected chi connectivity index (χ0v) is 19.8. The molecule has 0 atom stereocenters. The van der Waals surface area contributed by atoms with Gasteiger partial charge in [0.1, 0.15) is 11.3 Å². The number of hydrogen-bond acceptors (Lipinski definition) is 5. The third kappa shape index (κ3) is 3.32. The first-order chi connectivity index (χ1) is 15.2. The Morgan fingerprint density at radius 3 is 2.59 bits per heavy atom. The lowest BCUT2D eigenvalue weighted by Gasteiger charge is -2.13. The van der Waals surface area contributed by atoms with E-state index in [4.69, 9.17) is 10.7 Å². The Kier molecular flexibility index (Phi) is 4.90. The summed E-state index contributed by atoms with van der Waals surface area (Å²) in [7, 11) is -3.67. The highest BCUT2D eigenvalue weighted by atomic mass is 79.9. The average Bonchev–Trinajstić information content (AvgIpc) is 3.41. The van der Waals surface area contributed by atoms with Gasteiger partial charge in [0, 0.05) is 17.2 Å². The van der Waals surface area contributed by atoms with Gasteiger partial charge in [-0.25, -0.2) is 22.8 Å². The molecule has 0 bridgehead atoms. The van der Waals surface area contributed by atoms with E-state index >= 15 is 0 Å². The number of H-pyrrole nitrogens is 1. The minimum absolute atomic E-state index is 0.0736. The van der Waals surface area contributed by atoms with E-state index in [1.54, 1.807) is 44.2 Å². The van der Waals surface area contributed by atoms with Gasteiger partial charge in [0.25, 0.3) is 0 Å². The van der Waals surface area contributed by atoms with E-state index in [1.165, 1.54) is 6.07 Å². The molecule has 32 heavy (non-hydrogen) atoms. The molecule has 0 saturated heterocycles. The normalized spacial score (nSPS) is 14.5. The number of nitrogen functional groups attached to an aromatic ring is 1. The molecule has 7 nitrogen and oxygen atoms in total. The van der Waals surface area contributed by atoms with Crippen LogP contribution in [0.25, 0.3) is 33.5 Å². The number of nitrogens with two attached hydrogens (primary N) is 1. The van der Waals surface area contributed by atoms with Gasteiger partial charge in [-0.05, 0) is 66.9 Å². The number of aromatic amines is 1. The molecular formula is C22H21BrFN5O2S. The second-order valence-electron chi connectivity index (χ2n) is 8.25. The fraction of sp³-hybridized carbons (Fsp3) is 0.273. The topological polar surface area (TPSA) is 107 Å². The Morgan fingerprint density at radius 2 is 1.94 bits per heavy atom. The van der Waals surface area contributed by atoms with E-state index in [9.17, 15) is 12.8 Å². The van der Waals surface area contributed by atoms with Gasteiger partial charge in [0.2, 0.25) is 0 Å². The number of fused-ring (bicyclic) bond motifs is 1. The summed E-state index contributed by atoms with van der Waals surface area (Å²) in [6, 6.07) is 10.1. The number of imidazole rings is 2. The first kappa shape index (κ1) is 21.1. The number of hydrogen-bond donors (Lipinski definition) is 2. The highest BCUT2D eigenvalue weighted by Crippen LogP contribution is 2.46. The molecule has 2 aromatic carbocycles. The van der Waals surface area contributed by atoms with Crippen LogP contribution in [0.15, 0.2) is 46.0 Å². The van der Waals surface area contributed by atoms with Crippen LogP contribution < -0.4 is 5.73 Å². The first-order valence-electron chi connectivity index (χ1n) is 10.2. The highest BCUT2D eigenvalue weighted by molar-refractivity contribution is 9.10. The zero-order valence-electron chi connectivity index (χ0n) is 17.4. The van der Waals surface area contributed by atoms with Gasteiger partial charge in [0.15, 0.2) is 20.5 Å². The van der Waals surface area contributed by atoms with Gasteiger partial charge in [-0.3, -0.25) is 0 Å². The first-order valence-corrected chi connectivity index (χ1v) is 12.6. The van der Waals surface area contributed by atoms with Crippen molar-refractivity contribution in [3.63, 3.8) is 0 Å². The maximum Gasteiger partial charge on any atom is 0.198 e. The van der Waals surface area contributed by atoms with Crippen molar-refractivity contribution in [2.45, 2.75) is 42.9 Å². The highest BCUT2D eigenvalue weighted by Gasteiger charge is 2.33. The van der Waals surface area contributed by atoms with Crippen LogP contribution in [0.4, 0.5) is 10.3 Å². The largest absolute Gasteiger partial charge is 0.369 e. The number of rotatable bonds is 5. The van der Waals surface area contributed by atoms with Gasteiger partial charge in [0.05, 0.1) is 27.0 Å². The van der Waals surface area contributed by atoms with Crippen LogP contribution in [-0.2, 0) is 9.84 Å². The SMILES string of the molecule is CC(C)S(=O)(=O)c1cc(-c2nc(Br)n(C3CC3)c2-c2ccccc2F)cc2[nH]c(N)nc12. The molecular weight excluding hydrogens is 497 g/mol. The fourth-order valence-corrected chi connectivity index (χ4v) is 5.76. The van der Waals surface area contributed by atoms with Crippen molar-refractivity contribution in [3.8, 4) is 22.5 Å². The van der Waals surface area contributed by atoms with Crippen molar-refractivity contribution >= 4 is 42.7 Å². The summed E-state index contributed by atoms with van der Waals surface area (Å²) in [6.45, 7) is 3.24. The Morgan fingerprint density at radius 1 is 1.22 bits per heavy atom. The Labute approximate surface area is 192 Å². The van der Waals surface area contributed by atoms with Crippen molar-refractivity contribution in [2.75, 3.05) is 5.73 Å². The summed E-state index contributed by atoms with van der Waals surface area (Å²) in [5.41, 5.74) is 8.66. The Bertz CT molecular complexity index is 1470. The molecule has 0 spiro atoms. The predicted octanol–water partition coefficient (Wildman–Crippen LogP) is 5.09. The maximum absolute atomic E-state index is 14.9. The molecule has 2 heterocycles. The fourth-order valence-electron chi connectivity index (χ4n) is 3.90. The molecule has 4 aromatic rings. The molecule has 3 N–H and O–H groups in total. The second kappa shape index (κ2) is 7.41. The third-order valence-corrected chi connectivity index (χ3v) is 8.40. The van der Waals surface area contributed by atoms with Gasteiger partial charge in [-0.1, -0.05) is 12.1 Å². The number of nitrogens with zero attached hydrogens (tertiary/aromatic N) is 3. The molecule has 0 aliphatic heterocycles. The van der Waals surface area contributed by atoms with Crippen molar-refractivity contribution < 1.29 is 12.8 Å². The van der Waals surface area contributed by atoms with Crippen LogP contribution in [0, 0.1) is 5.82 Å². The molecule has 1 saturated carbocycles. The smallest absolute Gasteiger partial charge is 0.198 e. The monoisotopic (exact) mass is 517 g/mol. The standard InChI is InChI=1S/C22H21BrFN5O2S/c1-11(2)32(30,31)17-10-12(9-16-19(17)28-22(25)26-16)18-20(14-5-3-4-6-15(14)24)29(13-7-8-13)21(23)27-18/h3-6,9-11,13H,7-8H2,1-2H3,(H3,25,26,28). The van der Waals surface area contributed by atoms with Gasteiger partial charge >= 0.3 is 0 Å². The number of benzene rings is 2. The number of sulfone groups is 1. The van der Waals surface area contributed by atoms with Crippen molar-refractivity contribution in [1.29, 1.82) is 0 Å². The summed E-state index contributed by atoms with van der Waals surface area (Å²) >= 11 is 3.53. The van der Waals surface area contributed by atoms with Gasteiger partial charge < -0.3 is 15.3 Å². The van der Waals surface area contributed by atoms with Crippen LogP contribution >= 0.6 is 15.9 Å². The lowest BCUT2D eigenvalue weighted by molar-refractivity contribution is 0.588. The molecule has 2 aromatic heterocycles. The number of aromatic nitrogens is 4. The molecule has 0 amide bonds. The van der Waals surface area contributed by atoms with Crippen LogP contribution in [0.3, 0.4) is 0 Å². The molecule has 1 aliphatic rings. The number of nitrogens with one attached hydrogen (secondary N) is 1. The second-order valence-corrected chi connectivity index (χ2v) is 11.4. The maximum atomic E-state index is 14.9. The van der Waals surface area contributed by atoms with Crippen LogP contribution in [0.5, 0.6) is 0 Å².